The topological polar surface area (TPSA) is 45.4 Å². The van der Waals surface area contributed by atoms with Crippen LogP contribution in [0.4, 0.5) is 0 Å². The summed E-state index contributed by atoms with van der Waals surface area (Å²) in [6, 6.07) is 11.2. The van der Waals surface area contributed by atoms with Gasteiger partial charge in [0.05, 0.1) is 6.54 Å². The lowest BCUT2D eigenvalue weighted by atomic mass is 10.1. The summed E-state index contributed by atoms with van der Waals surface area (Å²) in [5, 5.41) is 12.5. The molecule has 0 amide bonds. The number of hydrogen-bond donors (Lipinski definition) is 2. The molecule has 17 heavy (non-hydrogen) atoms. The molecule has 0 fully saturated rings. The summed E-state index contributed by atoms with van der Waals surface area (Å²) in [5.74, 6) is 1.27. The van der Waals surface area contributed by atoms with Gasteiger partial charge in [0.1, 0.15) is 11.5 Å². The van der Waals surface area contributed by atoms with Crippen LogP contribution in [-0.2, 0) is 13.0 Å². The van der Waals surface area contributed by atoms with E-state index >= 15 is 0 Å². The normalized spacial score (nSPS) is 10.6. The minimum atomic E-state index is 0.312. The van der Waals surface area contributed by atoms with E-state index in [9.17, 15) is 0 Å². The van der Waals surface area contributed by atoms with Gasteiger partial charge in [-0.2, -0.15) is 0 Å². The van der Waals surface area contributed by atoms with Crippen molar-refractivity contribution < 1.29 is 9.52 Å². The van der Waals surface area contributed by atoms with E-state index in [0.29, 0.717) is 5.75 Å². The average molecular weight is 343 g/mol. The zero-order valence-corrected chi connectivity index (χ0v) is 11.5. The maximum absolute atomic E-state index is 9.15. The van der Waals surface area contributed by atoms with Crippen molar-refractivity contribution in [3.8, 4) is 5.75 Å². The SMILES string of the molecule is Oc1ccc(CCNCc2ccc(I)o2)cc1. The molecule has 0 saturated carbocycles. The van der Waals surface area contributed by atoms with Gasteiger partial charge in [-0.25, -0.2) is 0 Å². The minimum Gasteiger partial charge on any atom is -0.508 e. The van der Waals surface area contributed by atoms with E-state index in [1.54, 1.807) is 12.1 Å². The summed E-state index contributed by atoms with van der Waals surface area (Å²) in [5.41, 5.74) is 1.21. The second-order valence-electron chi connectivity index (χ2n) is 3.80. The molecule has 90 valence electrons. The lowest BCUT2D eigenvalue weighted by Crippen LogP contribution is -2.16. The van der Waals surface area contributed by atoms with Crippen molar-refractivity contribution in [2.45, 2.75) is 13.0 Å². The Morgan fingerprint density at radius 1 is 1.12 bits per heavy atom. The van der Waals surface area contributed by atoms with Crippen LogP contribution in [-0.4, -0.2) is 11.7 Å². The van der Waals surface area contributed by atoms with Crippen molar-refractivity contribution in [3.63, 3.8) is 0 Å². The van der Waals surface area contributed by atoms with Crippen molar-refractivity contribution in [2.24, 2.45) is 0 Å². The third-order valence-corrected chi connectivity index (χ3v) is 3.03. The van der Waals surface area contributed by atoms with Gasteiger partial charge in [0.25, 0.3) is 0 Å². The van der Waals surface area contributed by atoms with Gasteiger partial charge in [-0.3, -0.25) is 0 Å². The highest BCUT2D eigenvalue weighted by atomic mass is 127. The van der Waals surface area contributed by atoms with Gasteiger partial charge in [0.2, 0.25) is 0 Å². The predicted octanol–water partition coefficient (Wildman–Crippen LogP) is 2.92. The van der Waals surface area contributed by atoms with Crippen LogP contribution in [0.5, 0.6) is 5.75 Å². The molecule has 0 bridgehead atoms. The Labute approximate surface area is 114 Å². The highest BCUT2D eigenvalue weighted by Gasteiger charge is 1.98. The number of halogens is 1. The number of phenolic OH excluding ortho intramolecular Hbond substituents is 1. The van der Waals surface area contributed by atoms with Crippen LogP contribution < -0.4 is 5.32 Å². The number of aromatic hydroxyl groups is 1. The first-order chi connectivity index (χ1) is 8.24. The molecule has 0 spiro atoms. The number of rotatable bonds is 5. The van der Waals surface area contributed by atoms with Gasteiger partial charge in [-0.05, 0) is 65.4 Å². The molecule has 1 aromatic carbocycles. The van der Waals surface area contributed by atoms with E-state index in [1.807, 2.05) is 24.3 Å². The Balaban J connectivity index is 1.71. The second-order valence-corrected chi connectivity index (χ2v) is 4.86. The van der Waals surface area contributed by atoms with Crippen LogP contribution in [0, 0.1) is 3.77 Å². The minimum absolute atomic E-state index is 0.312. The number of furan rings is 1. The number of phenols is 1. The van der Waals surface area contributed by atoms with Gasteiger partial charge >= 0.3 is 0 Å². The lowest BCUT2D eigenvalue weighted by Gasteiger charge is -2.03. The molecule has 0 aliphatic heterocycles. The van der Waals surface area contributed by atoms with Crippen LogP contribution in [0.1, 0.15) is 11.3 Å². The Bertz CT molecular complexity index is 465. The zero-order valence-electron chi connectivity index (χ0n) is 9.32. The van der Waals surface area contributed by atoms with E-state index in [1.165, 1.54) is 5.56 Å². The highest BCUT2D eigenvalue weighted by Crippen LogP contribution is 2.11. The first kappa shape index (κ1) is 12.4. The molecule has 1 heterocycles. The Morgan fingerprint density at radius 2 is 1.88 bits per heavy atom. The van der Waals surface area contributed by atoms with Crippen molar-refractivity contribution in [1.29, 1.82) is 0 Å². The molecule has 4 heteroatoms. The first-order valence-corrected chi connectivity index (χ1v) is 6.55. The summed E-state index contributed by atoms with van der Waals surface area (Å²) in [4.78, 5) is 0. The lowest BCUT2D eigenvalue weighted by molar-refractivity contribution is 0.464. The maximum Gasteiger partial charge on any atom is 0.164 e. The average Bonchev–Trinajstić information content (AvgIpc) is 2.73. The third-order valence-electron chi connectivity index (χ3n) is 2.45. The number of benzene rings is 1. The second kappa shape index (κ2) is 6.07. The maximum atomic E-state index is 9.15. The van der Waals surface area contributed by atoms with Gasteiger partial charge in [-0.1, -0.05) is 12.1 Å². The van der Waals surface area contributed by atoms with Crippen molar-refractivity contribution in [3.05, 3.63) is 51.5 Å². The Morgan fingerprint density at radius 3 is 2.53 bits per heavy atom. The predicted molar refractivity (Wildman–Crippen MR) is 74.9 cm³/mol. The highest BCUT2D eigenvalue weighted by molar-refractivity contribution is 14.1. The standard InChI is InChI=1S/C13H14INO2/c14-13-6-5-12(17-13)9-15-8-7-10-1-3-11(16)4-2-10/h1-6,15-16H,7-9H2. The van der Waals surface area contributed by atoms with Crippen molar-refractivity contribution in [2.75, 3.05) is 6.54 Å². The van der Waals surface area contributed by atoms with E-state index in [0.717, 1.165) is 29.0 Å². The summed E-state index contributed by atoms with van der Waals surface area (Å²) >= 11 is 2.16. The summed E-state index contributed by atoms with van der Waals surface area (Å²) in [6.45, 7) is 1.64. The number of hydrogen-bond acceptors (Lipinski definition) is 3. The molecule has 2 N–H and O–H groups in total. The fourth-order valence-corrected chi connectivity index (χ4v) is 2.02. The van der Waals surface area contributed by atoms with Gasteiger partial charge in [0, 0.05) is 0 Å². The fourth-order valence-electron chi connectivity index (χ4n) is 1.55. The fraction of sp³-hybridized carbons (Fsp3) is 0.231. The van der Waals surface area contributed by atoms with E-state index < -0.39 is 0 Å². The van der Waals surface area contributed by atoms with Gasteiger partial charge < -0.3 is 14.8 Å². The van der Waals surface area contributed by atoms with Crippen LogP contribution in [0.15, 0.2) is 40.8 Å². The Kier molecular flexibility index (Phi) is 4.44. The molecular weight excluding hydrogens is 329 g/mol. The summed E-state index contributed by atoms with van der Waals surface area (Å²) in [6.07, 6.45) is 0.943. The Hall–Kier alpha value is -1.01. The molecule has 2 rings (SSSR count). The third kappa shape index (κ3) is 4.05. The van der Waals surface area contributed by atoms with E-state index in [-0.39, 0.29) is 0 Å². The molecule has 0 aliphatic carbocycles. The molecule has 0 unspecified atom stereocenters. The molecule has 1 aromatic heterocycles. The molecule has 0 saturated heterocycles. The summed E-state index contributed by atoms with van der Waals surface area (Å²) in [7, 11) is 0. The molecule has 3 nitrogen and oxygen atoms in total. The van der Waals surface area contributed by atoms with Crippen LogP contribution in [0.2, 0.25) is 0 Å². The van der Waals surface area contributed by atoms with E-state index in [2.05, 4.69) is 27.9 Å². The molecule has 0 aliphatic rings. The van der Waals surface area contributed by atoms with Crippen LogP contribution >= 0.6 is 22.6 Å². The van der Waals surface area contributed by atoms with Gasteiger partial charge in [-0.15, -0.1) is 0 Å². The first-order valence-electron chi connectivity index (χ1n) is 5.47. The monoisotopic (exact) mass is 343 g/mol. The quantitative estimate of drug-likeness (QED) is 0.648. The smallest absolute Gasteiger partial charge is 0.164 e. The zero-order chi connectivity index (χ0) is 12.1. The van der Waals surface area contributed by atoms with Crippen molar-refractivity contribution in [1.82, 2.24) is 5.32 Å². The van der Waals surface area contributed by atoms with Crippen LogP contribution in [0.25, 0.3) is 0 Å². The largest absolute Gasteiger partial charge is 0.508 e. The van der Waals surface area contributed by atoms with Gasteiger partial charge in [0.15, 0.2) is 3.77 Å². The molecule has 0 radical (unpaired) electrons. The molecular formula is C13H14INO2. The molecule has 2 aromatic rings. The molecule has 0 atom stereocenters. The summed E-state index contributed by atoms with van der Waals surface area (Å²) < 4.78 is 6.36. The number of nitrogens with one attached hydrogen (secondary N) is 1. The van der Waals surface area contributed by atoms with Crippen molar-refractivity contribution >= 4 is 22.6 Å². The van der Waals surface area contributed by atoms with E-state index in [4.69, 9.17) is 9.52 Å². The van der Waals surface area contributed by atoms with Crippen LogP contribution in [0.3, 0.4) is 0 Å².